The first kappa shape index (κ1) is 12.7. The second-order valence-corrected chi connectivity index (χ2v) is 3.41. The van der Waals surface area contributed by atoms with Gasteiger partial charge >= 0.3 is 11.7 Å². The van der Waals surface area contributed by atoms with Gasteiger partial charge < -0.3 is 4.74 Å². The smallest absolute Gasteiger partial charge is 0.312 e. The van der Waals surface area contributed by atoms with Gasteiger partial charge in [-0.25, -0.2) is 0 Å². The fourth-order valence-corrected chi connectivity index (χ4v) is 1.20. The Bertz CT molecular complexity index is 488. The lowest BCUT2D eigenvalue weighted by Gasteiger charge is -2.04. The van der Waals surface area contributed by atoms with Crippen LogP contribution in [0.5, 0.6) is 5.75 Å². The topological polar surface area (TPSA) is 69.4 Å². The number of benzene rings is 1. The normalized spacial score (nSPS) is 9.41. The fraction of sp³-hybridized carbons (Fsp3) is 0.250. The third-order valence-corrected chi connectivity index (χ3v) is 2.01. The van der Waals surface area contributed by atoms with Crippen molar-refractivity contribution in [2.75, 3.05) is 0 Å². The Morgan fingerprint density at radius 2 is 2.29 bits per heavy atom. The molecule has 0 atom stereocenters. The molecule has 0 saturated heterocycles. The Hall–Kier alpha value is -2.35. The summed E-state index contributed by atoms with van der Waals surface area (Å²) in [5.41, 5.74) is 0.499. The number of carbonyl (C=O) groups excluding carboxylic acids is 1. The Morgan fingerprint density at radius 3 is 2.88 bits per heavy atom. The van der Waals surface area contributed by atoms with Gasteiger partial charge in [-0.05, 0) is 18.6 Å². The van der Waals surface area contributed by atoms with Crippen molar-refractivity contribution < 1.29 is 14.5 Å². The van der Waals surface area contributed by atoms with Crippen LogP contribution >= 0.6 is 0 Å². The highest BCUT2D eigenvalue weighted by Crippen LogP contribution is 2.28. The molecule has 17 heavy (non-hydrogen) atoms. The summed E-state index contributed by atoms with van der Waals surface area (Å²) in [7, 11) is 0. The Morgan fingerprint density at radius 1 is 1.59 bits per heavy atom. The lowest BCUT2D eigenvalue weighted by molar-refractivity contribution is -0.385. The van der Waals surface area contributed by atoms with E-state index in [0.717, 1.165) is 5.56 Å². The maximum absolute atomic E-state index is 11.3. The second-order valence-electron chi connectivity index (χ2n) is 3.41. The highest BCUT2D eigenvalue weighted by atomic mass is 16.6. The van der Waals surface area contributed by atoms with Gasteiger partial charge in [-0.2, -0.15) is 0 Å². The van der Waals surface area contributed by atoms with Crippen LogP contribution in [0.2, 0.25) is 0 Å². The van der Waals surface area contributed by atoms with Crippen LogP contribution in [0.3, 0.4) is 0 Å². The van der Waals surface area contributed by atoms with E-state index in [0.29, 0.717) is 0 Å². The molecule has 0 aliphatic carbocycles. The average Bonchev–Trinajstić information content (AvgIpc) is 2.28. The lowest BCUT2D eigenvalue weighted by Crippen LogP contribution is -2.08. The molecule has 0 N–H and O–H groups in total. The van der Waals surface area contributed by atoms with Crippen LogP contribution in [0, 0.1) is 29.4 Å². The number of nitro groups is 1. The van der Waals surface area contributed by atoms with Crippen molar-refractivity contribution in [3.05, 3.63) is 33.9 Å². The molecule has 0 spiro atoms. The van der Waals surface area contributed by atoms with Gasteiger partial charge in [0.05, 0.1) is 11.3 Å². The first-order valence-electron chi connectivity index (χ1n) is 4.93. The zero-order valence-electron chi connectivity index (χ0n) is 9.30. The third kappa shape index (κ3) is 3.61. The number of hydrogen-bond donors (Lipinski definition) is 0. The molecule has 0 aliphatic heterocycles. The van der Waals surface area contributed by atoms with Crippen molar-refractivity contribution in [3.8, 4) is 18.1 Å². The minimum absolute atomic E-state index is 0.0432. The summed E-state index contributed by atoms with van der Waals surface area (Å²) < 4.78 is 4.89. The summed E-state index contributed by atoms with van der Waals surface area (Å²) in [5.74, 6) is 1.67. The van der Waals surface area contributed by atoms with Crippen LogP contribution in [-0.4, -0.2) is 10.9 Å². The van der Waals surface area contributed by atoms with E-state index in [4.69, 9.17) is 11.2 Å². The SMILES string of the molecule is C#CCCC(=O)Oc1ccc(C)cc1[N+](=O)[O-]. The van der Waals surface area contributed by atoms with Crippen LogP contribution in [0.1, 0.15) is 18.4 Å². The number of nitrogens with zero attached hydrogens (tertiary/aromatic N) is 1. The number of rotatable bonds is 4. The molecule has 0 aromatic heterocycles. The quantitative estimate of drug-likeness (QED) is 0.263. The first-order chi connectivity index (χ1) is 8.04. The molecule has 5 heteroatoms. The van der Waals surface area contributed by atoms with Gasteiger partial charge in [-0.3, -0.25) is 14.9 Å². The zero-order valence-corrected chi connectivity index (χ0v) is 9.30. The molecule has 1 aromatic carbocycles. The van der Waals surface area contributed by atoms with Crippen LogP contribution in [-0.2, 0) is 4.79 Å². The predicted octanol–water partition coefficient (Wildman–Crippen LogP) is 2.22. The summed E-state index contributed by atoms with van der Waals surface area (Å²) in [4.78, 5) is 21.5. The zero-order chi connectivity index (χ0) is 12.8. The van der Waals surface area contributed by atoms with E-state index in [-0.39, 0.29) is 24.3 Å². The van der Waals surface area contributed by atoms with Gasteiger partial charge in [-0.1, -0.05) is 6.07 Å². The fourth-order valence-electron chi connectivity index (χ4n) is 1.20. The molecule has 0 bridgehead atoms. The highest BCUT2D eigenvalue weighted by Gasteiger charge is 2.17. The van der Waals surface area contributed by atoms with Gasteiger partial charge in [0, 0.05) is 12.5 Å². The van der Waals surface area contributed by atoms with Crippen molar-refractivity contribution in [3.63, 3.8) is 0 Å². The molecule has 0 amide bonds. The van der Waals surface area contributed by atoms with E-state index in [1.54, 1.807) is 13.0 Å². The number of aryl methyl sites for hydroxylation is 1. The van der Waals surface area contributed by atoms with Gasteiger partial charge in [0.2, 0.25) is 5.75 Å². The van der Waals surface area contributed by atoms with Gasteiger partial charge in [0.1, 0.15) is 0 Å². The number of hydrogen-bond acceptors (Lipinski definition) is 4. The van der Waals surface area contributed by atoms with E-state index >= 15 is 0 Å². The monoisotopic (exact) mass is 233 g/mol. The summed E-state index contributed by atoms with van der Waals surface area (Å²) in [5, 5.41) is 10.8. The molecule has 0 unspecified atom stereocenters. The molecular formula is C12H11NO4. The van der Waals surface area contributed by atoms with Crippen LogP contribution in [0.25, 0.3) is 0 Å². The van der Waals surface area contributed by atoms with E-state index in [1.807, 2.05) is 0 Å². The maximum atomic E-state index is 11.3. The molecule has 88 valence electrons. The van der Waals surface area contributed by atoms with Crippen molar-refractivity contribution in [2.24, 2.45) is 0 Å². The lowest BCUT2D eigenvalue weighted by atomic mass is 10.2. The van der Waals surface area contributed by atoms with E-state index < -0.39 is 10.9 Å². The maximum Gasteiger partial charge on any atom is 0.312 e. The molecule has 0 aliphatic rings. The first-order valence-corrected chi connectivity index (χ1v) is 4.93. The Balaban J connectivity index is 2.87. The molecular weight excluding hydrogens is 222 g/mol. The number of esters is 1. The molecule has 0 radical (unpaired) electrons. The largest absolute Gasteiger partial charge is 0.419 e. The Kier molecular flexibility index (Phi) is 4.23. The number of ether oxygens (including phenoxy) is 1. The average molecular weight is 233 g/mol. The minimum Gasteiger partial charge on any atom is -0.419 e. The summed E-state index contributed by atoms with van der Waals surface area (Å²) in [6.07, 6.45) is 5.29. The predicted molar refractivity (Wildman–Crippen MR) is 61.5 cm³/mol. The van der Waals surface area contributed by atoms with Crippen molar-refractivity contribution in [1.82, 2.24) is 0 Å². The van der Waals surface area contributed by atoms with E-state index in [2.05, 4.69) is 5.92 Å². The molecule has 1 aromatic rings. The van der Waals surface area contributed by atoms with E-state index in [9.17, 15) is 14.9 Å². The minimum atomic E-state index is -0.587. The second kappa shape index (κ2) is 5.66. The summed E-state index contributed by atoms with van der Waals surface area (Å²) in [6, 6.07) is 4.39. The standard InChI is InChI=1S/C12H11NO4/c1-3-4-5-12(14)17-11-7-6-9(2)8-10(11)13(15)16/h1,6-8H,4-5H2,2H3. The van der Waals surface area contributed by atoms with Crippen LogP contribution < -0.4 is 4.74 Å². The van der Waals surface area contributed by atoms with Crippen molar-refractivity contribution in [2.45, 2.75) is 19.8 Å². The molecule has 0 saturated carbocycles. The summed E-state index contributed by atoms with van der Waals surface area (Å²) >= 11 is 0. The van der Waals surface area contributed by atoms with Crippen LogP contribution in [0.4, 0.5) is 5.69 Å². The molecule has 1 rings (SSSR count). The van der Waals surface area contributed by atoms with Gasteiger partial charge in [0.15, 0.2) is 0 Å². The molecule has 0 heterocycles. The van der Waals surface area contributed by atoms with Gasteiger partial charge in [-0.15, -0.1) is 12.3 Å². The number of nitro benzene ring substituents is 1. The van der Waals surface area contributed by atoms with Gasteiger partial charge in [0.25, 0.3) is 0 Å². The number of carbonyl (C=O) groups is 1. The van der Waals surface area contributed by atoms with Crippen molar-refractivity contribution >= 4 is 11.7 Å². The highest BCUT2D eigenvalue weighted by molar-refractivity contribution is 5.74. The Labute approximate surface area is 98.5 Å². The summed E-state index contributed by atoms with van der Waals surface area (Å²) in [6.45, 7) is 1.72. The van der Waals surface area contributed by atoms with E-state index in [1.165, 1.54) is 12.1 Å². The molecule has 5 nitrogen and oxygen atoms in total. The third-order valence-electron chi connectivity index (χ3n) is 2.01. The van der Waals surface area contributed by atoms with Crippen molar-refractivity contribution in [1.29, 1.82) is 0 Å². The number of terminal acetylenes is 1. The molecule has 0 fully saturated rings. The van der Waals surface area contributed by atoms with Crippen LogP contribution in [0.15, 0.2) is 18.2 Å².